The number of aliphatic hydroxyl groups excluding tert-OH is 1. The number of benzene rings is 1. The number of fused-ring (bicyclic) bond motifs is 1. The van der Waals surface area contributed by atoms with Crippen LogP contribution < -0.4 is 0 Å². The highest BCUT2D eigenvalue weighted by Gasteiger charge is 2.10. The Morgan fingerprint density at radius 1 is 1.29 bits per heavy atom. The molecule has 3 nitrogen and oxygen atoms in total. The predicted molar refractivity (Wildman–Crippen MR) is 70.2 cm³/mol. The minimum absolute atomic E-state index is 0.305. The molecule has 1 N–H and O–H groups in total. The monoisotopic (exact) mass is 232 g/mol. The van der Waals surface area contributed by atoms with Crippen LogP contribution in [0.4, 0.5) is 0 Å². The summed E-state index contributed by atoms with van der Waals surface area (Å²) < 4.78 is 2.24. The fourth-order valence-corrected chi connectivity index (χ4v) is 2.38. The van der Waals surface area contributed by atoms with E-state index in [-0.39, 0.29) is 6.10 Å². The number of hydrogen-bond donors (Lipinski definition) is 1. The summed E-state index contributed by atoms with van der Waals surface area (Å²) in [5.41, 5.74) is 3.34. The lowest BCUT2D eigenvalue weighted by Crippen LogP contribution is -2.04. The molecule has 0 aliphatic heterocycles. The molecule has 3 heteroatoms. The summed E-state index contributed by atoms with van der Waals surface area (Å²) in [6.07, 6.45) is 0.379. The van der Waals surface area contributed by atoms with Crippen molar-refractivity contribution in [3.8, 4) is 0 Å². The maximum absolute atomic E-state index is 9.40. The largest absolute Gasteiger partial charge is 0.393 e. The molecule has 1 aromatic heterocycles. The summed E-state index contributed by atoms with van der Waals surface area (Å²) in [6.45, 7) is 8.17. The van der Waals surface area contributed by atoms with Gasteiger partial charge in [0.25, 0.3) is 0 Å². The third-order valence-corrected chi connectivity index (χ3v) is 2.98. The molecule has 0 saturated carbocycles. The number of imidazole rings is 1. The molecule has 17 heavy (non-hydrogen) atoms. The van der Waals surface area contributed by atoms with Crippen molar-refractivity contribution in [2.75, 3.05) is 0 Å². The van der Waals surface area contributed by atoms with Gasteiger partial charge in [-0.3, -0.25) is 0 Å². The summed E-state index contributed by atoms with van der Waals surface area (Å²) in [5, 5.41) is 9.40. The summed E-state index contributed by atoms with van der Waals surface area (Å²) in [4.78, 5) is 4.58. The van der Waals surface area contributed by atoms with Crippen molar-refractivity contribution in [1.29, 1.82) is 0 Å². The van der Waals surface area contributed by atoms with Crippen LogP contribution >= 0.6 is 0 Å². The van der Waals surface area contributed by atoms with Gasteiger partial charge in [0.05, 0.1) is 17.1 Å². The van der Waals surface area contributed by atoms with Crippen LogP contribution in [0.15, 0.2) is 18.2 Å². The van der Waals surface area contributed by atoms with Gasteiger partial charge in [-0.25, -0.2) is 4.98 Å². The van der Waals surface area contributed by atoms with Crippen LogP contribution in [0, 0.1) is 6.92 Å². The van der Waals surface area contributed by atoms with E-state index in [4.69, 9.17) is 0 Å². The van der Waals surface area contributed by atoms with E-state index < -0.39 is 0 Å². The Balaban J connectivity index is 2.50. The van der Waals surface area contributed by atoms with Crippen LogP contribution in [0.1, 0.15) is 38.2 Å². The average molecular weight is 232 g/mol. The van der Waals surface area contributed by atoms with Gasteiger partial charge in [-0.1, -0.05) is 6.07 Å². The van der Waals surface area contributed by atoms with Gasteiger partial charge in [-0.05, 0) is 51.8 Å². The summed E-state index contributed by atoms with van der Waals surface area (Å²) in [7, 11) is 0. The van der Waals surface area contributed by atoms with E-state index in [0.29, 0.717) is 12.5 Å². The molecule has 0 fully saturated rings. The van der Waals surface area contributed by atoms with Gasteiger partial charge in [-0.15, -0.1) is 0 Å². The first-order valence-corrected chi connectivity index (χ1v) is 6.14. The quantitative estimate of drug-likeness (QED) is 0.883. The number of hydrogen-bond acceptors (Lipinski definition) is 2. The Hall–Kier alpha value is -1.35. The van der Waals surface area contributed by atoms with E-state index in [2.05, 4.69) is 41.6 Å². The van der Waals surface area contributed by atoms with Crippen molar-refractivity contribution < 1.29 is 5.11 Å². The fraction of sp³-hybridized carbons (Fsp3) is 0.500. The molecule has 1 aromatic carbocycles. The molecule has 1 unspecified atom stereocenters. The molecule has 0 aliphatic rings. The first kappa shape index (κ1) is 12.1. The predicted octanol–water partition coefficient (Wildman–Crippen LogP) is 2.85. The van der Waals surface area contributed by atoms with Gasteiger partial charge >= 0.3 is 0 Å². The van der Waals surface area contributed by atoms with Crippen molar-refractivity contribution in [2.45, 2.75) is 46.3 Å². The van der Waals surface area contributed by atoms with E-state index >= 15 is 0 Å². The van der Waals surface area contributed by atoms with E-state index in [1.807, 2.05) is 13.8 Å². The lowest BCUT2D eigenvalue weighted by molar-refractivity contribution is 0.195. The van der Waals surface area contributed by atoms with E-state index in [1.165, 1.54) is 5.52 Å². The van der Waals surface area contributed by atoms with E-state index in [1.54, 1.807) is 0 Å². The topological polar surface area (TPSA) is 38.1 Å². The molecule has 0 amide bonds. The SMILES string of the molecule is Cc1nc2cc(CC(C)O)ccc2n1C(C)C. The Bertz CT molecular complexity index is 526. The van der Waals surface area contributed by atoms with Crippen molar-refractivity contribution in [3.05, 3.63) is 29.6 Å². The first-order valence-electron chi connectivity index (χ1n) is 6.14. The van der Waals surface area contributed by atoms with Crippen LogP contribution in [-0.4, -0.2) is 20.8 Å². The van der Waals surface area contributed by atoms with Crippen molar-refractivity contribution >= 4 is 11.0 Å². The molecular weight excluding hydrogens is 212 g/mol. The minimum atomic E-state index is -0.305. The Morgan fingerprint density at radius 3 is 2.59 bits per heavy atom. The zero-order valence-electron chi connectivity index (χ0n) is 10.9. The lowest BCUT2D eigenvalue weighted by atomic mass is 10.1. The second-order valence-electron chi connectivity index (χ2n) is 5.00. The maximum atomic E-state index is 9.40. The minimum Gasteiger partial charge on any atom is -0.393 e. The van der Waals surface area contributed by atoms with Gasteiger partial charge in [0.1, 0.15) is 5.82 Å². The van der Waals surface area contributed by atoms with Crippen LogP contribution in [0.5, 0.6) is 0 Å². The van der Waals surface area contributed by atoms with Crippen LogP contribution in [0.3, 0.4) is 0 Å². The van der Waals surface area contributed by atoms with E-state index in [0.717, 1.165) is 16.9 Å². The molecule has 0 radical (unpaired) electrons. The summed E-state index contributed by atoms with van der Waals surface area (Å²) >= 11 is 0. The number of nitrogens with zero attached hydrogens (tertiary/aromatic N) is 2. The molecule has 0 saturated heterocycles. The van der Waals surface area contributed by atoms with Gasteiger partial charge < -0.3 is 9.67 Å². The molecule has 0 spiro atoms. The van der Waals surface area contributed by atoms with Crippen molar-refractivity contribution in [2.24, 2.45) is 0 Å². The average Bonchev–Trinajstić information content (AvgIpc) is 2.51. The number of aliphatic hydroxyl groups is 1. The van der Waals surface area contributed by atoms with E-state index in [9.17, 15) is 5.11 Å². The molecule has 0 bridgehead atoms. The van der Waals surface area contributed by atoms with Crippen LogP contribution in [0.25, 0.3) is 11.0 Å². The molecule has 0 aliphatic carbocycles. The molecule has 92 valence electrons. The van der Waals surface area contributed by atoms with Gasteiger partial charge in [0, 0.05) is 6.04 Å². The zero-order valence-corrected chi connectivity index (χ0v) is 10.9. The van der Waals surface area contributed by atoms with Crippen molar-refractivity contribution in [3.63, 3.8) is 0 Å². The molecule has 1 heterocycles. The Morgan fingerprint density at radius 2 is 2.00 bits per heavy atom. The summed E-state index contributed by atoms with van der Waals surface area (Å²) in [6, 6.07) is 6.68. The molecule has 2 aromatic rings. The molecule has 1 atom stereocenters. The Labute approximate surface area is 102 Å². The molecule has 2 rings (SSSR count). The van der Waals surface area contributed by atoms with Gasteiger partial charge in [0.2, 0.25) is 0 Å². The highest BCUT2D eigenvalue weighted by atomic mass is 16.3. The standard InChI is InChI=1S/C14H20N2O/c1-9(2)16-11(4)15-13-8-12(7-10(3)17)5-6-14(13)16/h5-6,8-10,17H,7H2,1-4H3. The number of aromatic nitrogens is 2. The summed E-state index contributed by atoms with van der Waals surface area (Å²) in [5.74, 6) is 1.05. The smallest absolute Gasteiger partial charge is 0.106 e. The van der Waals surface area contributed by atoms with Crippen LogP contribution in [0.2, 0.25) is 0 Å². The number of aryl methyl sites for hydroxylation is 1. The third kappa shape index (κ3) is 2.34. The maximum Gasteiger partial charge on any atom is 0.106 e. The highest BCUT2D eigenvalue weighted by Crippen LogP contribution is 2.22. The van der Waals surface area contributed by atoms with Crippen molar-refractivity contribution in [1.82, 2.24) is 9.55 Å². The second-order valence-corrected chi connectivity index (χ2v) is 5.00. The lowest BCUT2D eigenvalue weighted by Gasteiger charge is -2.11. The van der Waals surface area contributed by atoms with Gasteiger partial charge in [-0.2, -0.15) is 0 Å². The first-order chi connectivity index (χ1) is 7.99. The molecular formula is C14H20N2O. The number of rotatable bonds is 3. The third-order valence-electron chi connectivity index (χ3n) is 2.98. The zero-order chi connectivity index (χ0) is 12.6. The Kier molecular flexibility index (Phi) is 3.20. The second kappa shape index (κ2) is 4.49. The van der Waals surface area contributed by atoms with Gasteiger partial charge in [0.15, 0.2) is 0 Å². The van der Waals surface area contributed by atoms with Crippen LogP contribution in [-0.2, 0) is 6.42 Å². The normalized spacial score (nSPS) is 13.5. The fourth-order valence-electron chi connectivity index (χ4n) is 2.38. The highest BCUT2D eigenvalue weighted by molar-refractivity contribution is 5.77.